The molecule has 7 heteroatoms. The number of amides is 2. The van der Waals surface area contributed by atoms with Gasteiger partial charge in [-0.3, -0.25) is 9.59 Å². The SMILES string of the molecule is Cc1ccc(Br)cc1NC(=O)CCNC(=O)C1CC(c2ccccc2)=NO1. The summed E-state index contributed by atoms with van der Waals surface area (Å²) in [7, 11) is 0. The van der Waals surface area contributed by atoms with Crippen molar-refractivity contribution in [2.75, 3.05) is 11.9 Å². The molecule has 1 aliphatic rings. The summed E-state index contributed by atoms with van der Waals surface area (Å²) in [4.78, 5) is 29.5. The largest absolute Gasteiger partial charge is 0.382 e. The van der Waals surface area contributed by atoms with Gasteiger partial charge in [-0.05, 0) is 30.2 Å². The number of benzene rings is 2. The lowest BCUT2D eigenvalue weighted by Crippen LogP contribution is -2.36. The van der Waals surface area contributed by atoms with Crippen LogP contribution in [0, 0.1) is 6.92 Å². The van der Waals surface area contributed by atoms with Crippen molar-refractivity contribution in [3.05, 3.63) is 64.1 Å². The molecule has 0 saturated carbocycles. The number of nitrogens with zero attached hydrogens (tertiary/aromatic N) is 1. The second kappa shape index (κ2) is 8.81. The number of carbonyl (C=O) groups excluding carboxylic acids is 2. The van der Waals surface area contributed by atoms with Gasteiger partial charge in [0, 0.05) is 29.5 Å². The number of rotatable bonds is 6. The van der Waals surface area contributed by atoms with E-state index in [9.17, 15) is 9.59 Å². The standard InChI is InChI=1S/C20H20BrN3O3/c1-13-7-8-15(21)11-16(13)23-19(25)9-10-22-20(26)18-12-17(24-27-18)14-5-3-2-4-6-14/h2-8,11,18H,9-10,12H2,1H3,(H,22,26)(H,23,25). The Kier molecular flexibility index (Phi) is 6.24. The van der Waals surface area contributed by atoms with Crippen molar-refractivity contribution in [2.45, 2.75) is 25.9 Å². The molecule has 2 amide bonds. The first-order valence-corrected chi connectivity index (χ1v) is 9.44. The van der Waals surface area contributed by atoms with E-state index in [2.05, 4.69) is 31.7 Å². The predicted molar refractivity (Wildman–Crippen MR) is 108 cm³/mol. The highest BCUT2D eigenvalue weighted by atomic mass is 79.9. The first kappa shape index (κ1) is 19.1. The molecule has 1 unspecified atom stereocenters. The third kappa shape index (κ3) is 5.17. The van der Waals surface area contributed by atoms with Crippen molar-refractivity contribution >= 4 is 39.1 Å². The van der Waals surface area contributed by atoms with E-state index in [1.807, 2.05) is 55.5 Å². The zero-order valence-electron chi connectivity index (χ0n) is 14.9. The molecule has 0 saturated heterocycles. The Morgan fingerprint density at radius 2 is 2.00 bits per heavy atom. The molecule has 1 aliphatic heterocycles. The zero-order valence-corrected chi connectivity index (χ0v) is 16.5. The third-order valence-corrected chi connectivity index (χ3v) is 4.69. The number of anilines is 1. The molecule has 0 fully saturated rings. The van der Waals surface area contributed by atoms with Gasteiger partial charge in [-0.25, -0.2) is 0 Å². The summed E-state index contributed by atoms with van der Waals surface area (Å²) in [5, 5.41) is 9.58. The topological polar surface area (TPSA) is 79.8 Å². The minimum Gasteiger partial charge on any atom is -0.382 e. The normalized spacial score (nSPS) is 15.6. The van der Waals surface area contributed by atoms with Crippen molar-refractivity contribution in [3.63, 3.8) is 0 Å². The average Bonchev–Trinajstić information content (AvgIpc) is 3.16. The lowest BCUT2D eigenvalue weighted by Gasteiger charge is -2.11. The molecule has 0 radical (unpaired) electrons. The van der Waals surface area contributed by atoms with E-state index in [0.717, 1.165) is 27.0 Å². The molecule has 2 N–H and O–H groups in total. The Morgan fingerprint density at radius 3 is 2.78 bits per heavy atom. The molecule has 0 aliphatic carbocycles. The molecule has 27 heavy (non-hydrogen) atoms. The van der Waals surface area contributed by atoms with E-state index in [-0.39, 0.29) is 24.8 Å². The molecule has 1 heterocycles. The summed E-state index contributed by atoms with van der Waals surface area (Å²) in [6.07, 6.45) is -0.0635. The fourth-order valence-corrected chi connectivity index (χ4v) is 3.03. The molecule has 3 rings (SSSR count). The van der Waals surface area contributed by atoms with Crippen LogP contribution in [0.5, 0.6) is 0 Å². The van der Waals surface area contributed by atoms with Crippen molar-refractivity contribution in [3.8, 4) is 0 Å². The van der Waals surface area contributed by atoms with Crippen LogP contribution in [-0.4, -0.2) is 30.2 Å². The Balaban J connectivity index is 1.42. The van der Waals surface area contributed by atoms with Gasteiger partial charge < -0.3 is 15.5 Å². The number of nitrogens with one attached hydrogen (secondary N) is 2. The maximum Gasteiger partial charge on any atom is 0.264 e. The maximum absolute atomic E-state index is 12.2. The molecule has 0 spiro atoms. The van der Waals surface area contributed by atoms with Gasteiger partial charge in [0.25, 0.3) is 5.91 Å². The van der Waals surface area contributed by atoms with Crippen LogP contribution < -0.4 is 10.6 Å². The van der Waals surface area contributed by atoms with Gasteiger partial charge in [-0.2, -0.15) is 0 Å². The summed E-state index contributed by atoms with van der Waals surface area (Å²) in [5.41, 5.74) is 3.41. The Bertz CT molecular complexity index is 868. The summed E-state index contributed by atoms with van der Waals surface area (Å²) < 4.78 is 0.893. The van der Waals surface area contributed by atoms with E-state index < -0.39 is 6.10 Å². The van der Waals surface area contributed by atoms with Gasteiger partial charge >= 0.3 is 0 Å². The third-order valence-electron chi connectivity index (χ3n) is 4.19. The minimum absolute atomic E-state index is 0.162. The van der Waals surface area contributed by atoms with Crippen molar-refractivity contribution in [1.29, 1.82) is 0 Å². The first-order valence-electron chi connectivity index (χ1n) is 8.65. The first-order chi connectivity index (χ1) is 13.0. The molecule has 2 aromatic carbocycles. The summed E-state index contributed by atoms with van der Waals surface area (Å²) in [5.74, 6) is -0.429. The van der Waals surface area contributed by atoms with Gasteiger partial charge in [-0.1, -0.05) is 57.5 Å². The van der Waals surface area contributed by atoms with E-state index >= 15 is 0 Å². The van der Waals surface area contributed by atoms with Crippen LogP contribution in [-0.2, 0) is 14.4 Å². The number of hydrogen-bond acceptors (Lipinski definition) is 4. The van der Waals surface area contributed by atoms with E-state index in [1.165, 1.54) is 0 Å². The van der Waals surface area contributed by atoms with Crippen LogP contribution in [0.2, 0.25) is 0 Å². The van der Waals surface area contributed by atoms with Gasteiger partial charge in [0.15, 0.2) is 0 Å². The smallest absolute Gasteiger partial charge is 0.264 e. The summed E-state index contributed by atoms with van der Waals surface area (Å²) in [6.45, 7) is 2.16. The van der Waals surface area contributed by atoms with Crippen LogP contribution in [0.15, 0.2) is 58.2 Å². The monoisotopic (exact) mass is 429 g/mol. The summed E-state index contributed by atoms with van der Waals surface area (Å²) in [6, 6.07) is 15.3. The van der Waals surface area contributed by atoms with E-state index in [4.69, 9.17) is 4.84 Å². The van der Waals surface area contributed by atoms with Gasteiger partial charge in [-0.15, -0.1) is 0 Å². The van der Waals surface area contributed by atoms with Crippen LogP contribution in [0.25, 0.3) is 0 Å². The Hall–Kier alpha value is -2.67. The number of carbonyl (C=O) groups is 2. The maximum atomic E-state index is 12.2. The number of oxime groups is 1. The predicted octanol–water partition coefficient (Wildman–Crippen LogP) is 3.40. The molecule has 2 aromatic rings. The fraction of sp³-hybridized carbons (Fsp3) is 0.250. The average molecular weight is 430 g/mol. The molecular formula is C20H20BrN3O3. The Labute approximate surface area is 166 Å². The number of hydrogen-bond donors (Lipinski definition) is 2. The van der Waals surface area contributed by atoms with Crippen LogP contribution in [0.4, 0.5) is 5.69 Å². The van der Waals surface area contributed by atoms with E-state index in [0.29, 0.717) is 6.42 Å². The van der Waals surface area contributed by atoms with Gasteiger partial charge in [0.05, 0.1) is 5.71 Å². The molecule has 0 aromatic heterocycles. The molecule has 140 valence electrons. The van der Waals surface area contributed by atoms with E-state index in [1.54, 1.807) is 0 Å². The van der Waals surface area contributed by atoms with Crippen molar-refractivity contribution in [1.82, 2.24) is 5.32 Å². The number of halogens is 1. The van der Waals surface area contributed by atoms with Crippen LogP contribution >= 0.6 is 15.9 Å². The van der Waals surface area contributed by atoms with Gasteiger partial charge in [0.2, 0.25) is 12.0 Å². The fourth-order valence-electron chi connectivity index (χ4n) is 2.67. The molecular weight excluding hydrogens is 410 g/mol. The van der Waals surface area contributed by atoms with Gasteiger partial charge in [0.1, 0.15) is 0 Å². The quantitative estimate of drug-likeness (QED) is 0.738. The highest BCUT2D eigenvalue weighted by Crippen LogP contribution is 2.20. The summed E-state index contributed by atoms with van der Waals surface area (Å²) >= 11 is 3.38. The molecule has 0 bridgehead atoms. The molecule has 1 atom stereocenters. The van der Waals surface area contributed by atoms with Crippen molar-refractivity contribution < 1.29 is 14.4 Å². The lowest BCUT2D eigenvalue weighted by atomic mass is 10.0. The zero-order chi connectivity index (χ0) is 19.2. The minimum atomic E-state index is -0.657. The highest BCUT2D eigenvalue weighted by molar-refractivity contribution is 9.10. The second-order valence-electron chi connectivity index (χ2n) is 6.25. The van der Waals surface area contributed by atoms with Crippen molar-refractivity contribution in [2.24, 2.45) is 5.16 Å². The lowest BCUT2D eigenvalue weighted by molar-refractivity contribution is -0.131. The highest BCUT2D eigenvalue weighted by Gasteiger charge is 2.28. The second-order valence-corrected chi connectivity index (χ2v) is 7.17. The molecule has 6 nitrogen and oxygen atoms in total. The number of aryl methyl sites for hydroxylation is 1. The van der Waals surface area contributed by atoms with Crippen LogP contribution in [0.3, 0.4) is 0 Å². The van der Waals surface area contributed by atoms with Crippen LogP contribution in [0.1, 0.15) is 24.0 Å². The Morgan fingerprint density at radius 1 is 1.22 bits per heavy atom.